The van der Waals surface area contributed by atoms with Crippen molar-refractivity contribution in [3.05, 3.63) is 64.7 Å². The number of nitrogens with zero attached hydrogens (tertiary/aromatic N) is 1. The molecule has 2 aliphatic rings. The molecule has 1 aliphatic heterocycles. The zero-order chi connectivity index (χ0) is 24.1. The van der Waals surface area contributed by atoms with E-state index in [4.69, 9.17) is 4.74 Å². The van der Waals surface area contributed by atoms with Crippen LogP contribution in [0.3, 0.4) is 0 Å². The third kappa shape index (κ3) is 5.43. The number of amides is 1. The van der Waals surface area contributed by atoms with Crippen LogP contribution < -0.4 is 15.4 Å². The average Bonchev–Trinajstić information content (AvgIpc) is 2.85. The first-order valence-corrected chi connectivity index (χ1v) is 12.5. The Kier molecular flexibility index (Phi) is 7.55. The molecule has 1 amide bonds. The summed E-state index contributed by atoms with van der Waals surface area (Å²) in [5.41, 5.74) is 3.81. The third-order valence-electron chi connectivity index (χ3n) is 7.24. The number of carbonyl (C=O) groups excluding carboxylic acids is 1. The molecule has 0 saturated heterocycles. The van der Waals surface area contributed by atoms with Gasteiger partial charge in [0.25, 0.3) is 0 Å². The summed E-state index contributed by atoms with van der Waals surface area (Å²) in [5, 5.41) is 26.9. The van der Waals surface area contributed by atoms with Crippen molar-refractivity contribution in [2.45, 2.75) is 82.6 Å². The van der Waals surface area contributed by atoms with Crippen LogP contribution in [0.1, 0.15) is 74.2 Å². The van der Waals surface area contributed by atoms with Gasteiger partial charge in [-0.2, -0.15) is 5.26 Å². The summed E-state index contributed by atoms with van der Waals surface area (Å²) in [7, 11) is 0. The van der Waals surface area contributed by atoms with Gasteiger partial charge in [-0.3, -0.25) is 4.79 Å². The number of benzene rings is 2. The van der Waals surface area contributed by atoms with Gasteiger partial charge in [0.15, 0.2) is 0 Å². The minimum atomic E-state index is -0.778. The van der Waals surface area contributed by atoms with Crippen LogP contribution in [0.4, 0.5) is 0 Å². The number of hydrogen-bond donors (Lipinski definition) is 3. The molecule has 3 N–H and O–H groups in total. The lowest BCUT2D eigenvalue weighted by Crippen LogP contribution is -2.52. The standard InChI is InChI=1S/C28H35N3O3/c1-3-19-9-10-26-22(14-19)24(16-28(34-26)11-6-12-28)30-18-25(32)23(31-27(33)4-2)15-20-7-5-8-21(13-20)17-29/h5,7-10,13-14,23-25,30,32H,3-4,6,11-12,15-16,18H2,1-2H3,(H,31,33)/t23-,24-,25-/m0/s1. The van der Waals surface area contributed by atoms with E-state index >= 15 is 0 Å². The fraction of sp³-hybridized carbons (Fsp3) is 0.500. The van der Waals surface area contributed by atoms with E-state index in [-0.39, 0.29) is 17.6 Å². The number of nitriles is 1. The van der Waals surface area contributed by atoms with E-state index < -0.39 is 12.1 Å². The summed E-state index contributed by atoms with van der Waals surface area (Å²) >= 11 is 0. The fourth-order valence-corrected chi connectivity index (χ4v) is 5.02. The third-order valence-corrected chi connectivity index (χ3v) is 7.24. The number of ether oxygens (including phenoxy) is 1. The smallest absolute Gasteiger partial charge is 0.220 e. The molecule has 3 atom stereocenters. The second kappa shape index (κ2) is 10.6. The number of nitrogens with one attached hydrogen (secondary N) is 2. The Balaban J connectivity index is 1.49. The van der Waals surface area contributed by atoms with E-state index in [2.05, 4.69) is 41.8 Å². The van der Waals surface area contributed by atoms with Gasteiger partial charge in [-0.1, -0.05) is 38.1 Å². The van der Waals surface area contributed by atoms with Crippen molar-refractivity contribution in [2.24, 2.45) is 0 Å². The highest BCUT2D eigenvalue weighted by atomic mass is 16.5. The molecule has 34 heavy (non-hydrogen) atoms. The molecule has 6 nitrogen and oxygen atoms in total. The van der Waals surface area contributed by atoms with Crippen LogP contribution >= 0.6 is 0 Å². The quantitative estimate of drug-likeness (QED) is 0.526. The van der Waals surface area contributed by atoms with E-state index in [9.17, 15) is 15.2 Å². The molecule has 2 aromatic rings. The predicted octanol–water partition coefficient (Wildman–Crippen LogP) is 3.95. The second-order valence-electron chi connectivity index (χ2n) is 9.64. The Bertz CT molecular complexity index is 1060. The molecule has 180 valence electrons. The van der Waals surface area contributed by atoms with E-state index in [0.29, 0.717) is 24.9 Å². The number of carbonyl (C=O) groups is 1. The predicted molar refractivity (Wildman–Crippen MR) is 131 cm³/mol. The molecular formula is C28H35N3O3. The normalized spacial score (nSPS) is 19.8. The van der Waals surface area contributed by atoms with Gasteiger partial charge in [-0.05, 0) is 61.4 Å². The Hall–Kier alpha value is -2.88. The Morgan fingerprint density at radius 3 is 2.74 bits per heavy atom. The topological polar surface area (TPSA) is 94.4 Å². The highest BCUT2D eigenvalue weighted by Crippen LogP contribution is 2.49. The first kappa shape index (κ1) is 24.3. The number of aliphatic hydroxyl groups is 1. The van der Waals surface area contributed by atoms with Crippen molar-refractivity contribution in [3.8, 4) is 11.8 Å². The first-order chi connectivity index (χ1) is 16.4. The van der Waals surface area contributed by atoms with Gasteiger partial charge in [-0.15, -0.1) is 0 Å². The molecule has 4 rings (SSSR count). The van der Waals surface area contributed by atoms with Crippen LogP contribution in [0.25, 0.3) is 0 Å². The van der Waals surface area contributed by atoms with Gasteiger partial charge in [0.2, 0.25) is 5.91 Å². The highest BCUT2D eigenvalue weighted by molar-refractivity contribution is 5.76. The monoisotopic (exact) mass is 461 g/mol. The zero-order valence-electron chi connectivity index (χ0n) is 20.1. The summed E-state index contributed by atoms with van der Waals surface area (Å²) in [4.78, 5) is 12.2. The van der Waals surface area contributed by atoms with Gasteiger partial charge < -0.3 is 20.5 Å². The lowest BCUT2D eigenvalue weighted by atomic mass is 9.72. The van der Waals surface area contributed by atoms with E-state index in [1.807, 2.05) is 18.2 Å². The molecule has 0 bridgehead atoms. The molecule has 1 saturated carbocycles. The van der Waals surface area contributed by atoms with Crippen molar-refractivity contribution in [3.63, 3.8) is 0 Å². The molecule has 2 aromatic carbocycles. The van der Waals surface area contributed by atoms with Gasteiger partial charge in [0, 0.05) is 31.0 Å². The molecule has 1 heterocycles. The van der Waals surface area contributed by atoms with Crippen LogP contribution in [0.2, 0.25) is 0 Å². The Morgan fingerprint density at radius 1 is 1.24 bits per heavy atom. The van der Waals surface area contributed by atoms with Gasteiger partial charge >= 0.3 is 0 Å². The number of fused-ring (bicyclic) bond motifs is 1. The molecule has 6 heteroatoms. The SMILES string of the molecule is CCC(=O)N[C@@H](Cc1cccc(C#N)c1)[C@@H](O)CN[C@H]1CC2(CCC2)Oc2ccc(CC)cc21. The number of aryl methyl sites for hydroxylation is 1. The van der Waals surface area contributed by atoms with Gasteiger partial charge in [0.05, 0.1) is 23.8 Å². The van der Waals surface area contributed by atoms with Crippen molar-refractivity contribution >= 4 is 5.91 Å². The van der Waals surface area contributed by atoms with Crippen molar-refractivity contribution in [1.82, 2.24) is 10.6 Å². The number of rotatable bonds is 9. The number of hydrogen-bond acceptors (Lipinski definition) is 5. The lowest BCUT2D eigenvalue weighted by molar-refractivity contribution is -0.122. The van der Waals surface area contributed by atoms with Crippen LogP contribution in [-0.4, -0.2) is 35.3 Å². The summed E-state index contributed by atoms with van der Waals surface area (Å²) in [6, 6.07) is 15.6. The minimum Gasteiger partial charge on any atom is -0.487 e. The van der Waals surface area contributed by atoms with Crippen LogP contribution in [0.15, 0.2) is 42.5 Å². The molecule has 1 spiro atoms. The van der Waals surface area contributed by atoms with Crippen LogP contribution in [-0.2, 0) is 17.6 Å². The maximum atomic E-state index is 12.2. The molecule has 1 fully saturated rings. The van der Waals surface area contributed by atoms with Crippen molar-refractivity contribution < 1.29 is 14.6 Å². The van der Waals surface area contributed by atoms with Gasteiger partial charge in [-0.25, -0.2) is 0 Å². The largest absolute Gasteiger partial charge is 0.487 e. The van der Waals surface area contributed by atoms with E-state index in [0.717, 1.165) is 42.6 Å². The number of aliphatic hydroxyl groups excluding tert-OH is 1. The molecule has 1 aliphatic carbocycles. The van der Waals surface area contributed by atoms with E-state index in [1.54, 1.807) is 13.0 Å². The summed E-state index contributed by atoms with van der Waals surface area (Å²) in [5.74, 6) is 0.845. The molecule has 0 aromatic heterocycles. The second-order valence-corrected chi connectivity index (χ2v) is 9.64. The molecule has 0 radical (unpaired) electrons. The van der Waals surface area contributed by atoms with Crippen LogP contribution in [0, 0.1) is 11.3 Å². The minimum absolute atomic E-state index is 0.0923. The summed E-state index contributed by atoms with van der Waals surface area (Å²) in [6.07, 6.45) is 5.18. The van der Waals surface area contributed by atoms with Crippen molar-refractivity contribution in [2.75, 3.05) is 6.54 Å². The fourth-order valence-electron chi connectivity index (χ4n) is 5.02. The van der Waals surface area contributed by atoms with E-state index in [1.165, 1.54) is 12.0 Å². The van der Waals surface area contributed by atoms with Crippen molar-refractivity contribution in [1.29, 1.82) is 5.26 Å². The lowest BCUT2D eigenvalue weighted by Gasteiger charge is -2.48. The van der Waals surface area contributed by atoms with Gasteiger partial charge in [0.1, 0.15) is 11.4 Å². The maximum Gasteiger partial charge on any atom is 0.220 e. The summed E-state index contributed by atoms with van der Waals surface area (Å²) < 4.78 is 6.42. The molecule has 0 unspecified atom stereocenters. The Labute approximate surface area is 202 Å². The zero-order valence-corrected chi connectivity index (χ0v) is 20.1. The maximum absolute atomic E-state index is 12.2. The highest BCUT2D eigenvalue weighted by Gasteiger charge is 2.45. The summed E-state index contributed by atoms with van der Waals surface area (Å²) in [6.45, 7) is 4.30. The Morgan fingerprint density at radius 2 is 2.06 bits per heavy atom. The molecular weight excluding hydrogens is 426 g/mol. The first-order valence-electron chi connectivity index (χ1n) is 12.5. The average molecular weight is 462 g/mol. The van der Waals surface area contributed by atoms with Crippen LogP contribution in [0.5, 0.6) is 5.75 Å².